The summed E-state index contributed by atoms with van der Waals surface area (Å²) in [4.78, 5) is 15.8. The highest BCUT2D eigenvalue weighted by molar-refractivity contribution is 7.10. The first kappa shape index (κ1) is 12.6. The molecule has 0 aliphatic rings. The molecule has 2 N–H and O–H groups in total. The van der Waals surface area contributed by atoms with Gasteiger partial charge in [0.25, 0.3) is 0 Å². The molecule has 0 aliphatic heterocycles. The van der Waals surface area contributed by atoms with Gasteiger partial charge < -0.3 is 4.98 Å². The number of aryl methyl sites for hydroxylation is 2. The van der Waals surface area contributed by atoms with Crippen LogP contribution < -0.4 is 5.43 Å². The molecule has 94 valence electrons. The van der Waals surface area contributed by atoms with Gasteiger partial charge in [0.1, 0.15) is 0 Å². The fourth-order valence-corrected chi connectivity index (χ4v) is 2.37. The van der Waals surface area contributed by atoms with Crippen LogP contribution in [-0.4, -0.2) is 17.1 Å². The number of aromatic amines is 1. The molecule has 0 atom stereocenters. The molecule has 0 spiro atoms. The minimum Gasteiger partial charge on any atom is -0.362 e. The third-order valence-electron chi connectivity index (χ3n) is 2.50. The van der Waals surface area contributed by atoms with Crippen molar-refractivity contribution in [3.63, 3.8) is 0 Å². The van der Waals surface area contributed by atoms with Crippen molar-refractivity contribution in [2.75, 3.05) is 0 Å². The van der Waals surface area contributed by atoms with Crippen LogP contribution in [-0.2, 0) is 11.2 Å². The smallest absolute Gasteiger partial charge is 0.245 e. The minimum atomic E-state index is -0.0985. The first-order valence-corrected chi connectivity index (χ1v) is 6.53. The van der Waals surface area contributed by atoms with E-state index in [-0.39, 0.29) is 5.91 Å². The number of nitrogens with zero attached hydrogens (tertiary/aromatic N) is 1. The summed E-state index contributed by atoms with van der Waals surface area (Å²) in [6.45, 7) is 3.96. The normalized spacial score (nSPS) is 11.0. The van der Waals surface area contributed by atoms with E-state index in [2.05, 4.69) is 15.5 Å². The van der Waals surface area contributed by atoms with Crippen LogP contribution in [0.15, 0.2) is 28.7 Å². The van der Waals surface area contributed by atoms with Crippen LogP contribution in [0.5, 0.6) is 0 Å². The number of carbonyl (C=O) groups excluding carboxylic acids is 1. The predicted octanol–water partition coefficient (Wildman–Crippen LogP) is 2.39. The quantitative estimate of drug-likeness (QED) is 0.644. The van der Waals surface area contributed by atoms with Crippen molar-refractivity contribution >= 4 is 23.5 Å². The van der Waals surface area contributed by atoms with E-state index in [1.54, 1.807) is 17.6 Å². The Morgan fingerprint density at radius 1 is 1.56 bits per heavy atom. The monoisotopic (exact) mass is 261 g/mol. The van der Waals surface area contributed by atoms with Gasteiger partial charge in [-0.2, -0.15) is 5.10 Å². The molecule has 0 radical (unpaired) electrons. The fourth-order valence-electron chi connectivity index (χ4n) is 1.66. The van der Waals surface area contributed by atoms with Crippen molar-refractivity contribution in [2.24, 2.45) is 5.10 Å². The van der Waals surface area contributed by atoms with E-state index in [9.17, 15) is 4.79 Å². The van der Waals surface area contributed by atoms with E-state index in [1.807, 2.05) is 37.4 Å². The first-order chi connectivity index (χ1) is 8.65. The standard InChI is InChI=1S/C13H15N3OS/c1-9-6-11(10(2)15-9)8-14-16-13(17)7-12-4-3-5-18-12/h3-6,8,15H,7H2,1-2H3,(H,16,17)/b14-8-. The maximum absolute atomic E-state index is 11.6. The highest BCUT2D eigenvalue weighted by atomic mass is 32.1. The maximum atomic E-state index is 11.6. The number of hydrogen-bond donors (Lipinski definition) is 2. The van der Waals surface area contributed by atoms with Crippen LogP contribution >= 0.6 is 11.3 Å². The Balaban J connectivity index is 1.87. The predicted molar refractivity (Wildman–Crippen MR) is 74.0 cm³/mol. The Hall–Kier alpha value is -1.88. The van der Waals surface area contributed by atoms with Crippen molar-refractivity contribution in [2.45, 2.75) is 20.3 Å². The number of amides is 1. The van der Waals surface area contributed by atoms with Crippen LogP contribution in [0.2, 0.25) is 0 Å². The van der Waals surface area contributed by atoms with Gasteiger partial charge in [0.15, 0.2) is 0 Å². The second kappa shape index (κ2) is 5.64. The first-order valence-electron chi connectivity index (χ1n) is 5.65. The maximum Gasteiger partial charge on any atom is 0.245 e. The number of H-pyrrole nitrogens is 1. The number of hydrazone groups is 1. The largest absolute Gasteiger partial charge is 0.362 e. The molecule has 0 saturated carbocycles. The second-order valence-corrected chi connectivity index (χ2v) is 5.11. The summed E-state index contributed by atoms with van der Waals surface area (Å²) < 4.78 is 0. The van der Waals surface area contributed by atoms with Gasteiger partial charge in [0, 0.05) is 21.8 Å². The van der Waals surface area contributed by atoms with Crippen LogP contribution in [0.3, 0.4) is 0 Å². The molecular formula is C13H15N3OS. The van der Waals surface area contributed by atoms with E-state index in [0.29, 0.717) is 6.42 Å². The zero-order valence-electron chi connectivity index (χ0n) is 10.4. The summed E-state index contributed by atoms with van der Waals surface area (Å²) in [7, 11) is 0. The van der Waals surface area contributed by atoms with Gasteiger partial charge in [0.05, 0.1) is 12.6 Å². The van der Waals surface area contributed by atoms with Crippen LogP contribution in [0, 0.1) is 13.8 Å². The Bertz CT molecular complexity index is 555. The summed E-state index contributed by atoms with van der Waals surface area (Å²) in [5.41, 5.74) is 5.65. The highest BCUT2D eigenvalue weighted by Gasteiger charge is 2.03. The molecule has 5 heteroatoms. The molecule has 2 heterocycles. The average Bonchev–Trinajstić information content (AvgIpc) is 2.89. The molecule has 1 amide bonds. The Kier molecular flexibility index (Phi) is 3.94. The minimum absolute atomic E-state index is 0.0985. The van der Waals surface area contributed by atoms with Gasteiger partial charge in [-0.05, 0) is 31.4 Å². The van der Waals surface area contributed by atoms with Crippen LogP contribution in [0.1, 0.15) is 21.8 Å². The average molecular weight is 261 g/mol. The second-order valence-electron chi connectivity index (χ2n) is 4.08. The third-order valence-corrected chi connectivity index (χ3v) is 3.37. The summed E-state index contributed by atoms with van der Waals surface area (Å²) in [5.74, 6) is -0.0985. The van der Waals surface area contributed by atoms with Crippen molar-refractivity contribution < 1.29 is 4.79 Å². The number of rotatable bonds is 4. The molecule has 2 aromatic heterocycles. The molecule has 0 saturated heterocycles. The van der Waals surface area contributed by atoms with Crippen molar-refractivity contribution in [3.05, 3.63) is 45.4 Å². The molecular weight excluding hydrogens is 246 g/mol. The number of hydrogen-bond acceptors (Lipinski definition) is 3. The topological polar surface area (TPSA) is 57.2 Å². The Labute approximate surface area is 110 Å². The number of nitrogens with one attached hydrogen (secondary N) is 2. The molecule has 2 rings (SSSR count). The summed E-state index contributed by atoms with van der Waals surface area (Å²) >= 11 is 1.57. The van der Waals surface area contributed by atoms with E-state index in [4.69, 9.17) is 0 Å². The molecule has 0 aliphatic carbocycles. The molecule has 0 bridgehead atoms. The lowest BCUT2D eigenvalue weighted by Gasteiger charge is -1.96. The SMILES string of the molecule is Cc1cc(/C=N\NC(=O)Cc2cccs2)c(C)[nH]1. The molecule has 18 heavy (non-hydrogen) atoms. The van der Waals surface area contributed by atoms with Gasteiger partial charge in [0.2, 0.25) is 5.91 Å². The zero-order chi connectivity index (χ0) is 13.0. The number of thiophene rings is 1. The number of carbonyl (C=O) groups is 1. The van der Waals surface area contributed by atoms with Gasteiger partial charge in [-0.3, -0.25) is 4.79 Å². The molecule has 2 aromatic rings. The molecule has 0 fully saturated rings. The van der Waals surface area contributed by atoms with Crippen LogP contribution in [0.4, 0.5) is 0 Å². The lowest BCUT2D eigenvalue weighted by atomic mass is 10.3. The zero-order valence-corrected chi connectivity index (χ0v) is 11.2. The van der Waals surface area contributed by atoms with Crippen molar-refractivity contribution in [1.29, 1.82) is 0 Å². The van der Waals surface area contributed by atoms with Crippen LogP contribution in [0.25, 0.3) is 0 Å². The summed E-state index contributed by atoms with van der Waals surface area (Å²) in [6.07, 6.45) is 2.03. The van der Waals surface area contributed by atoms with Crippen molar-refractivity contribution in [3.8, 4) is 0 Å². The lowest BCUT2D eigenvalue weighted by molar-refractivity contribution is -0.120. The van der Waals surface area contributed by atoms with E-state index in [1.165, 1.54) is 0 Å². The van der Waals surface area contributed by atoms with Gasteiger partial charge >= 0.3 is 0 Å². The van der Waals surface area contributed by atoms with E-state index >= 15 is 0 Å². The molecule has 0 unspecified atom stereocenters. The van der Waals surface area contributed by atoms with E-state index in [0.717, 1.165) is 21.8 Å². The van der Waals surface area contributed by atoms with Crippen molar-refractivity contribution in [1.82, 2.24) is 10.4 Å². The summed E-state index contributed by atoms with van der Waals surface area (Å²) in [6, 6.07) is 5.86. The lowest BCUT2D eigenvalue weighted by Crippen LogP contribution is -2.19. The third kappa shape index (κ3) is 3.30. The molecule has 0 aromatic carbocycles. The van der Waals surface area contributed by atoms with Gasteiger partial charge in [-0.25, -0.2) is 5.43 Å². The Morgan fingerprint density at radius 2 is 2.39 bits per heavy atom. The fraction of sp³-hybridized carbons (Fsp3) is 0.231. The summed E-state index contributed by atoms with van der Waals surface area (Å²) in [5, 5.41) is 5.91. The van der Waals surface area contributed by atoms with E-state index < -0.39 is 0 Å². The highest BCUT2D eigenvalue weighted by Crippen LogP contribution is 2.09. The number of aromatic nitrogens is 1. The van der Waals surface area contributed by atoms with Gasteiger partial charge in [-0.1, -0.05) is 6.07 Å². The van der Waals surface area contributed by atoms with Gasteiger partial charge in [-0.15, -0.1) is 11.3 Å². The molecule has 4 nitrogen and oxygen atoms in total. The Morgan fingerprint density at radius 3 is 3.00 bits per heavy atom.